The van der Waals surface area contributed by atoms with Gasteiger partial charge >= 0.3 is 0 Å². The van der Waals surface area contributed by atoms with Gasteiger partial charge in [0.25, 0.3) is 0 Å². The third kappa shape index (κ3) is 3.73. The number of hydrogen-bond donors (Lipinski definition) is 1. The predicted octanol–water partition coefficient (Wildman–Crippen LogP) is 2.63. The molecule has 1 heterocycles. The molecule has 0 amide bonds. The molecule has 0 saturated carbocycles. The minimum absolute atomic E-state index is 0.319. The third-order valence-electron chi connectivity index (χ3n) is 3.16. The Balaban J connectivity index is 2.11. The average Bonchev–Trinajstić information content (AvgIpc) is 2.33. The van der Waals surface area contributed by atoms with E-state index in [2.05, 4.69) is 24.2 Å². The summed E-state index contributed by atoms with van der Waals surface area (Å²) in [5.74, 6) is 1.64. The van der Waals surface area contributed by atoms with Crippen LogP contribution in [0, 0.1) is 5.92 Å². The average molecular weight is 298 g/mol. The van der Waals surface area contributed by atoms with Crippen molar-refractivity contribution < 1.29 is 8.42 Å². The Morgan fingerprint density at radius 2 is 1.89 bits per heavy atom. The van der Waals surface area contributed by atoms with Gasteiger partial charge in [-0.1, -0.05) is 18.7 Å². The van der Waals surface area contributed by atoms with Crippen molar-refractivity contribution >= 4 is 32.5 Å². The van der Waals surface area contributed by atoms with Crippen molar-refractivity contribution in [2.24, 2.45) is 10.9 Å². The van der Waals surface area contributed by atoms with Crippen molar-refractivity contribution in [3.8, 4) is 0 Å². The number of rotatable bonds is 2. The molecule has 1 aliphatic rings. The number of amidine groups is 1. The Bertz CT molecular complexity index is 579. The van der Waals surface area contributed by atoms with Crippen LogP contribution in [0.5, 0.6) is 0 Å². The summed E-state index contributed by atoms with van der Waals surface area (Å²) in [5, 5.41) is 4.13. The Kier molecular flexibility index (Phi) is 4.20. The SMILES string of the molecule is CC1CSC(Nc2ccc(S(C)(=O)=O)cc2)=NC1C. The number of nitrogens with zero attached hydrogens (tertiary/aromatic N) is 1. The molecule has 1 aromatic carbocycles. The molecule has 1 aromatic rings. The highest BCUT2D eigenvalue weighted by Gasteiger charge is 2.19. The van der Waals surface area contributed by atoms with Gasteiger partial charge in [0.05, 0.1) is 10.9 Å². The van der Waals surface area contributed by atoms with Gasteiger partial charge in [0.1, 0.15) is 0 Å². The van der Waals surface area contributed by atoms with Crippen LogP contribution >= 0.6 is 11.8 Å². The molecule has 2 unspecified atom stereocenters. The Morgan fingerprint density at radius 1 is 1.26 bits per heavy atom. The number of benzene rings is 1. The van der Waals surface area contributed by atoms with Crippen LogP contribution in [-0.2, 0) is 9.84 Å². The lowest BCUT2D eigenvalue weighted by atomic mass is 10.1. The maximum Gasteiger partial charge on any atom is 0.175 e. The molecular weight excluding hydrogens is 280 g/mol. The number of aliphatic imine (C=N–C) groups is 1. The molecule has 2 atom stereocenters. The Morgan fingerprint density at radius 3 is 2.42 bits per heavy atom. The van der Waals surface area contributed by atoms with E-state index in [0.717, 1.165) is 16.6 Å². The summed E-state index contributed by atoms with van der Waals surface area (Å²) >= 11 is 1.70. The molecule has 19 heavy (non-hydrogen) atoms. The standard InChI is InChI=1S/C13H18N2O2S2/c1-9-8-18-13(14-10(9)2)15-11-4-6-12(7-5-11)19(3,16)17/h4-7,9-10H,8H2,1-3H3,(H,14,15). The second-order valence-corrected chi connectivity index (χ2v) is 7.91. The van der Waals surface area contributed by atoms with E-state index in [1.54, 1.807) is 36.0 Å². The molecule has 1 aliphatic heterocycles. The molecule has 2 rings (SSSR count). The molecule has 0 aromatic heterocycles. The fourth-order valence-electron chi connectivity index (χ4n) is 1.68. The van der Waals surface area contributed by atoms with Crippen LogP contribution in [0.2, 0.25) is 0 Å². The van der Waals surface area contributed by atoms with Crippen molar-refractivity contribution in [3.63, 3.8) is 0 Å². The predicted molar refractivity (Wildman–Crippen MR) is 81.7 cm³/mol. The van der Waals surface area contributed by atoms with E-state index in [1.165, 1.54) is 6.26 Å². The molecule has 4 nitrogen and oxygen atoms in total. The fraction of sp³-hybridized carbons (Fsp3) is 0.462. The maximum atomic E-state index is 11.4. The second kappa shape index (κ2) is 5.54. The number of thioether (sulfide) groups is 1. The lowest BCUT2D eigenvalue weighted by Gasteiger charge is -2.23. The summed E-state index contributed by atoms with van der Waals surface area (Å²) in [7, 11) is -3.13. The van der Waals surface area contributed by atoms with Crippen LogP contribution in [0.1, 0.15) is 13.8 Å². The highest BCUT2D eigenvalue weighted by Crippen LogP contribution is 2.24. The van der Waals surface area contributed by atoms with Gasteiger partial charge in [-0.25, -0.2) is 8.42 Å². The normalized spacial score (nSPS) is 23.8. The van der Waals surface area contributed by atoms with Gasteiger partial charge in [0.2, 0.25) is 0 Å². The van der Waals surface area contributed by atoms with Crippen LogP contribution < -0.4 is 5.32 Å². The van der Waals surface area contributed by atoms with Gasteiger partial charge in [0, 0.05) is 17.7 Å². The molecule has 0 saturated heterocycles. The lowest BCUT2D eigenvalue weighted by molar-refractivity contribution is 0.537. The molecular formula is C13H18N2O2S2. The number of hydrogen-bond acceptors (Lipinski definition) is 5. The van der Waals surface area contributed by atoms with Crippen molar-refractivity contribution in [1.82, 2.24) is 0 Å². The van der Waals surface area contributed by atoms with Crippen molar-refractivity contribution in [3.05, 3.63) is 24.3 Å². The summed E-state index contributed by atoms with van der Waals surface area (Å²) in [6, 6.07) is 7.07. The zero-order valence-electron chi connectivity index (χ0n) is 11.3. The summed E-state index contributed by atoms with van der Waals surface area (Å²) in [6.07, 6.45) is 1.21. The van der Waals surface area contributed by atoms with E-state index in [-0.39, 0.29) is 0 Å². The maximum absolute atomic E-state index is 11.4. The topological polar surface area (TPSA) is 58.5 Å². The number of sulfone groups is 1. The van der Waals surface area contributed by atoms with E-state index < -0.39 is 9.84 Å². The summed E-state index contributed by atoms with van der Waals surface area (Å²) in [5.41, 5.74) is 0.861. The first-order valence-corrected chi connectivity index (χ1v) is 9.01. The molecule has 104 valence electrons. The lowest BCUT2D eigenvalue weighted by Crippen LogP contribution is -2.25. The quantitative estimate of drug-likeness (QED) is 0.912. The Labute approximate surface area is 118 Å². The largest absolute Gasteiger partial charge is 0.335 e. The van der Waals surface area contributed by atoms with E-state index in [9.17, 15) is 8.42 Å². The van der Waals surface area contributed by atoms with Gasteiger partial charge in [-0.15, -0.1) is 0 Å². The minimum Gasteiger partial charge on any atom is -0.335 e. The van der Waals surface area contributed by atoms with E-state index in [0.29, 0.717) is 16.9 Å². The van der Waals surface area contributed by atoms with Crippen molar-refractivity contribution in [1.29, 1.82) is 0 Å². The third-order valence-corrected chi connectivity index (χ3v) is 5.46. The molecule has 0 aliphatic carbocycles. The monoisotopic (exact) mass is 298 g/mol. The molecule has 0 radical (unpaired) electrons. The van der Waals surface area contributed by atoms with Crippen LogP contribution in [0.3, 0.4) is 0 Å². The smallest absolute Gasteiger partial charge is 0.175 e. The zero-order valence-corrected chi connectivity index (χ0v) is 12.9. The number of anilines is 1. The highest BCUT2D eigenvalue weighted by molar-refractivity contribution is 8.14. The zero-order chi connectivity index (χ0) is 14.0. The molecule has 0 bridgehead atoms. The fourth-order valence-corrected chi connectivity index (χ4v) is 3.44. The van der Waals surface area contributed by atoms with Crippen LogP contribution in [0.15, 0.2) is 34.2 Å². The molecule has 0 spiro atoms. The minimum atomic E-state index is -3.13. The van der Waals surface area contributed by atoms with Crippen LogP contribution in [0.25, 0.3) is 0 Å². The van der Waals surface area contributed by atoms with Gasteiger partial charge < -0.3 is 5.32 Å². The van der Waals surface area contributed by atoms with Crippen molar-refractivity contribution in [2.75, 3.05) is 17.3 Å². The summed E-state index contributed by atoms with van der Waals surface area (Å²) < 4.78 is 22.7. The molecule has 1 N–H and O–H groups in total. The van der Waals surface area contributed by atoms with Crippen molar-refractivity contribution in [2.45, 2.75) is 24.8 Å². The molecule has 0 fully saturated rings. The second-order valence-electron chi connectivity index (χ2n) is 4.88. The summed E-state index contributed by atoms with van der Waals surface area (Å²) in [6.45, 7) is 4.30. The summed E-state index contributed by atoms with van der Waals surface area (Å²) in [4.78, 5) is 4.91. The van der Waals surface area contributed by atoms with Gasteiger partial charge in [-0.3, -0.25) is 4.99 Å². The van der Waals surface area contributed by atoms with Crippen LogP contribution in [-0.4, -0.2) is 31.6 Å². The van der Waals surface area contributed by atoms with E-state index in [4.69, 9.17) is 0 Å². The van der Waals surface area contributed by atoms with Gasteiger partial charge in [0.15, 0.2) is 15.0 Å². The van der Waals surface area contributed by atoms with Gasteiger partial charge in [-0.05, 0) is 37.1 Å². The Hall–Kier alpha value is -1.01. The highest BCUT2D eigenvalue weighted by atomic mass is 32.2. The molecule has 6 heteroatoms. The van der Waals surface area contributed by atoms with E-state index in [1.807, 2.05) is 0 Å². The first-order chi connectivity index (χ1) is 8.86. The van der Waals surface area contributed by atoms with Gasteiger partial charge in [-0.2, -0.15) is 0 Å². The van der Waals surface area contributed by atoms with E-state index >= 15 is 0 Å². The number of nitrogens with one attached hydrogen (secondary N) is 1. The first kappa shape index (κ1) is 14.4. The van der Waals surface area contributed by atoms with Crippen LogP contribution in [0.4, 0.5) is 5.69 Å². The first-order valence-electron chi connectivity index (χ1n) is 6.14.